The topological polar surface area (TPSA) is 84.2 Å². The lowest BCUT2D eigenvalue weighted by Gasteiger charge is -2.39. The maximum atomic E-state index is 9.33. The van der Waals surface area contributed by atoms with Crippen molar-refractivity contribution in [1.29, 1.82) is 0 Å². The number of nitrogens with zero attached hydrogens (tertiary/aromatic N) is 1. The predicted molar refractivity (Wildman–Crippen MR) is 46.2 cm³/mol. The van der Waals surface area contributed by atoms with Crippen molar-refractivity contribution < 1.29 is 20.4 Å². The molecule has 0 amide bonds. The number of likely N-dealkylation sites (tertiary alicyclic amines) is 1. The van der Waals surface area contributed by atoms with Crippen LogP contribution in [0.3, 0.4) is 0 Å². The molecular weight excluding hydrogens is 174 g/mol. The molecule has 4 N–H and O–H groups in total. The Morgan fingerprint density at radius 1 is 1.15 bits per heavy atom. The van der Waals surface area contributed by atoms with Crippen molar-refractivity contribution in [1.82, 2.24) is 4.90 Å². The Morgan fingerprint density at radius 3 is 2.38 bits per heavy atom. The van der Waals surface area contributed by atoms with Crippen LogP contribution in [0.15, 0.2) is 0 Å². The average molecular weight is 191 g/mol. The van der Waals surface area contributed by atoms with E-state index in [2.05, 4.69) is 0 Å². The van der Waals surface area contributed by atoms with Crippen LogP contribution in [0.1, 0.15) is 6.42 Å². The molecule has 1 aliphatic rings. The Kier molecular flexibility index (Phi) is 4.08. The zero-order valence-corrected chi connectivity index (χ0v) is 7.50. The van der Waals surface area contributed by atoms with Crippen molar-refractivity contribution in [3.05, 3.63) is 0 Å². The van der Waals surface area contributed by atoms with E-state index in [9.17, 15) is 10.2 Å². The molecule has 5 nitrogen and oxygen atoms in total. The van der Waals surface area contributed by atoms with Gasteiger partial charge in [0.1, 0.15) is 0 Å². The molecule has 1 fully saturated rings. The highest BCUT2D eigenvalue weighted by atomic mass is 16.3. The Labute approximate surface area is 77.2 Å². The first-order valence-corrected chi connectivity index (χ1v) is 4.51. The van der Waals surface area contributed by atoms with Gasteiger partial charge in [-0.2, -0.15) is 0 Å². The van der Waals surface area contributed by atoms with E-state index in [0.717, 1.165) is 0 Å². The lowest BCUT2D eigenvalue weighted by molar-refractivity contribution is -0.0736. The van der Waals surface area contributed by atoms with Crippen LogP contribution in [0.5, 0.6) is 0 Å². The molecule has 78 valence electrons. The van der Waals surface area contributed by atoms with Gasteiger partial charge in [0.15, 0.2) is 0 Å². The van der Waals surface area contributed by atoms with Gasteiger partial charge in [0, 0.05) is 19.1 Å². The van der Waals surface area contributed by atoms with Crippen LogP contribution in [0.4, 0.5) is 0 Å². The summed E-state index contributed by atoms with van der Waals surface area (Å²) in [5.74, 6) is 0. The van der Waals surface area contributed by atoms with E-state index in [-0.39, 0.29) is 19.3 Å². The van der Waals surface area contributed by atoms with E-state index >= 15 is 0 Å². The summed E-state index contributed by atoms with van der Waals surface area (Å²) in [5, 5.41) is 36.3. The summed E-state index contributed by atoms with van der Waals surface area (Å²) in [6, 6.07) is -0.148. The molecule has 0 radical (unpaired) electrons. The number of aliphatic hydroxyl groups excluding tert-OH is 4. The number of aliphatic hydroxyl groups is 4. The third kappa shape index (κ3) is 2.62. The lowest BCUT2D eigenvalue weighted by atomic mass is 9.98. The molecular formula is C8H17NO4. The molecule has 5 heteroatoms. The van der Waals surface area contributed by atoms with Crippen LogP contribution < -0.4 is 0 Å². The van der Waals surface area contributed by atoms with Crippen molar-refractivity contribution in [2.24, 2.45) is 0 Å². The molecule has 0 saturated carbocycles. The molecule has 0 unspecified atom stereocenters. The Balaban J connectivity index is 2.50. The Hall–Kier alpha value is -0.200. The third-order valence-electron chi connectivity index (χ3n) is 2.49. The van der Waals surface area contributed by atoms with Crippen molar-refractivity contribution in [2.45, 2.75) is 24.7 Å². The second-order valence-electron chi connectivity index (χ2n) is 3.43. The van der Waals surface area contributed by atoms with E-state index in [0.29, 0.717) is 19.5 Å². The highest BCUT2D eigenvalue weighted by Gasteiger charge is 2.32. The van der Waals surface area contributed by atoms with Crippen molar-refractivity contribution in [2.75, 3.05) is 26.3 Å². The van der Waals surface area contributed by atoms with Gasteiger partial charge in [-0.1, -0.05) is 0 Å². The van der Waals surface area contributed by atoms with Gasteiger partial charge in [0.25, 0.3) is 0 Å². The molecule has 0 aromatic heterocycles. The van der Waals surface area contributed by atoms with Gasteiger partial charge in [0.05, 0.1) is 25.4 Å². The number of β-amino-alcohol motifs (C(OH)–C–C–N with tert-alkyl or cyclic N) is 2. The normalized spacial score (nSPS) is 36.5. The summed E-state index contributed by atoms with van der Waals surface area (Å²) in [6.07, 6.45) is -1.17. The molecule has 3 atom stereocenters. The highest BCUT2D eigenvalue weighted by Crippen LogP contribution is 2.17. The second-order valence-corrected chi connectivity index (χ2v) is 3.43. The standard InChI is InChI=1S/C8H17NO4/c10-2-1-9-4-8(13)7(12)3-6(9)5-11/h6-8,10-13H,1-5H2/t6-,7-,8-/m0/s1. The van der Waals surface area contributed by atoms with Crippen LogP contribution in [0, 0.1) is 0 Å². The van der Waals surface area contributed by atoms with E-state index in [1.807, 2.05) is 0 Å². The molecule has 1 heterocycles. The number of hydrogen-bond donors (Lipinski definition) is 4. The number of piperidine rings is 1. The van der Waals surface area contributed by atoms with Crippen LogP contribution in [0.25, 0.3) is 0 Å². The molecule has 13 heavy (non-hydrogen) atoms. The molecule has 0 aromatic carbocycles. The van der Waals surface area contributed by atoms with E-state index in [1.54, 1.807) is 4.90 Å². The van der Waals surface area contributed by atoms with Crippen molar-refractivity contribution >= 4 is 0 Å². The molecule has 1 aliphatic heterocycles. The van der Waals surface area contributed by atoms with E-state index in [1.165, 1.54) is 0 Å². The minimum absolute atomic E-state index is 0.000679. The van der Waals surface area contributed by atoms with Gasteiger partial charge in [-0.3, -0.25) is 4.90 Å². The Morgan fingerprint density at radius 2 is 1.85 bits per heavy atom. The van der Waals surface area contributed by atoms with Gasteiger partial charge in [-0.05, 0) is 6.42 Å². The summed E-state index contributed by atoms with van der Waals surface area (Å²) in [7, 11) is 0. The molecule has 0 aliphatic carbocycles. The maximum absolute atomic E-state index is 9.33. The van der Waals surface area contributed by atoms with Gasteiger partial charge >= 0.3 is 0 Å². The predicted octanol–water partition coefficient (Wildman–Crippen LogP) is -2.23. The van der Waals surface area contributed by atoms with Crippen molar-refractivity contribution in [3.63, 3.8) is 0 Å². The average Bonchev–Trinajstić information content (AvgIpc) is 2.11. The fourth-order valence-electron chi connectivity index (χ4n) is 1.69. The summed E-state index contributed by atoms with van der Waals surface area (Å²) in [5.41, 5.74) is 0. The largest absolute Gasteiger partial charge is 0.395 e. The van der Waals surface area contributed by atoms with Gasteiger partial charge < -0.3 is 20.4 Å². The zero-order chi connectivity index (χ0) is 9.84. The number of hydrogen-bond acceptors (Lipinski definition) is 5. The smallest absolute Gasteiger partial charge is 0.0926 e. The minimum atomic E-state index is -0.769. The quantitative estimate of drug-likeness (QED) is 0.405. The van der Waals surface area contributed by atoms with Crippen LogP contribution >= 0.6 is 0 Å². The first-order chi connectivity index (χ1) is 6.19. The highest BCUT2D eigenvalue weighted by molar-refractivity contribution is 4.86. The van der Waals surface area contributed by atoms with E-state index < -0.39 is 12.2 Å². The van der Waals surface area contributed by atoms with Crippen molar-refractivity contribution in [3.8, 4) is 0 Å². The monoisotopic (exact) mass is 191 g/mol. The zero-order valence-electron chi connectivity index (χ0n) is 7.50. The second kappa shape index (κ2) is 4.88. The SMILES string of the molecule is OCCN1C[C@H](O)[C@@H](O)C[C@H]1CO. The molecule has 1 saturated heterocycles. The van der Waals surface area contributed by atoms with Gasteiger partial charge in [-0.15, -0.1) is 0 Å². The maximum Gasteiger partial charge on any atom is 0.0926 e. The summed E-state index contributed by atoms with van der Waals surface area (Å²) < 4.78 is 0. The first-order valence-electron chi connectivity index (χ1n) is 4.51. The lowest BCUT2D eigenvalue weighted by Crippen LogP contribution is -2.54. The van der Waals surface area contributed by atoms with E-state index in [4.69, 9.17) is 10.2 Å². The van der Waals surface area contributed by atoms with Crippen LogP contribution in [-0.2, 0) is 0 Å². The first kappa shape index (κ1) is 10.9. The third-order valence-corrected chi connectivity index (χ3v) is 2.49. The Bertz CT molecular complexity index is 155. The van der Waals surface area contributed by atoms with Crippen LogP contribution in [0.2, 0.25) is 0 Å². The summed E-state index contributed by atoms with van der Waals surface area (Å²) >= 11 is 0. The summed E-state index contributed by atoms with van der Waals surface area (Å²) in [6.45, 7) is 0.686. The minimum Gasteiger partial charge on any atom is -0.395 e. The molecule has 0 aromatic rings. The fourth-order valence-corrected chi connectivity index (χ4v) is 1.69. The van der Waals surface area contributed by atoms with Gasteiger partial charge in [0.2, 0.25) is 0 Å². The molecule has 0 spiro atoms. The fraction of sp³-hybridized carbons (Fsp3) is 1.00. The molecule has 0 bridgehead atoms. The molecule has 1 rings (SSSR count). The van der Waals surface area contributed by atoms with Gasteiger partial charge in [-0.25, -0.2) is 0 Å². The number of rotatable bonds is 3. The summed E-state index contributed by atoms with van der Waals surface area (Å²) in [4.78, 5) is 1.79. The van der Waals surface area contributed by atoms with Crippen LogP contribution in [-0.4, -0.2) is 69.9 Å².